The molecule has 0 bridgehead atoms. The van der Waals surface area contributed by atoms with Crippen LogP contribution in [0.1, 0.15) is 12.5 Å². The molecule has 1 aromatic carbocycles. The summed E-state index contributed by atoms with van der Waals surface area (Å²) in [4.78, 5) is 13.4. The van der Waals surface area contributed by atoms with Gasteiger partial charge in [-0.2, -0.15) is 0 Å². The number of nitrogens with zero attached hydrogens (tertiary/aromatic N) is 1. The summed E-state index contributed by atoms with van der Waals surface area (Å²) in [5.74, 6) is 0.740. The second-order valence-corrected chi connectivity index (χ2v) is 3.76. The fourth-order valence-electron chi connectivity index (χ4n) is 1.48. The summed E-state index contributed by atoms with van der Waals surface area (Å²) in [6, 6.07) is 7.51. The van der Waals surface area contributed by atoms with Gasteiger partial charge in [-0.25, -0.2) is 0 Å². The number of hydrogen-bond donors (Lipinski definition) is 0. The van der Waals surface area contributed by atoms with Crippen molar-refractivity contribution >= 4 is 11.4 Å². The number of hydrogen-bond acceptors (Lipinski definition) is 3. The van der Waals surface area contributed by atoms with E-state index in [1.54, 1.807) is 20.2 Å². The minimum atomic E-state index is 0.0261. The Hall–Kier alpha value is -1.77. The molecule has 0 aliphatic carbocycles. The van der Waals surface area contributed by atoms with Crippen LogP contribution in [0.2, 0.25) is 0 Å². The van der Waals surface area contributed by atoms with Crippen LogP contribution in [0.3, 0.4) is 0 Å². The number of carbonyl (C=O) groups is 1. The molecule has 86 valence electrons. The number of rotatable bonds is 4. The molecule has 0 aromatic heterocycles. The van der Waals surface area contributed by atoms with Gasteiger partial charge in [0.05, 0.1) is 7.11 Å². The van der Waals surface area contributed by atoms with Crippen LogP contribution in [-0.4, -0.2) is 31.9 Å². The number of ketones is 1. The zero-order chi connectivity index (χ0) is 12.1. The molecule has 3 heteroatoms. The molecule has 0 radical (unpaired) electrons. The molecular formula is C13H17NO2. The first-order valence-corrected chi connectivity index (χ1v) is 5.09. The first-order chi connectivity index (χ1) is 7.56. The monoisotopic (exact) mass is 219 g/mol. The second-order valence-electron chi connectivity index (χ2n) is 3.76. The molecule has 0 aliphatic heterocycles. The second kappa shape index (κ2) is 5.35. The summed E-state index contributed by atoms with van der Waals surface area (Å²) < 4.78 is 5.25. The van der Waals surface area contributed by atoms with E-state index in [4.69, 9.17) is 4.74 Å². The molecule has 0 atom stereocenters. The summed E-state index contributed by atoms with van der Waals surface area (Å²) >= 11 is 0. The zero-order valence-electron chi connectivity index (χ0n) is 10.2. The Kier molecular flexibility index (Phi) is 4.11. The molecule has 0 spiro atoms. The number of para-hydroxylation sites is 1. The molecule has 0 amide bonds. The number of allylic oxidation sites excluding steroid dienone is 1. The van der Waals surface area contributed by atoms with Gasteiger partial charge in [0, 0.05) is 31.4 Å². The average molecular weight is 219 g/mol. The number of carbonyl (C=O) groups excluding carboxylic acids is 1. The Morgan fingerprint density at radius 2 is 1.94 bits per heavy atom. The van der Waals surface area contributed by atoms with Crippen LogP contribution in [0.4, 0.5) is 0 Å². The first kappa shape index (κ1) is 12.3. The van der Waals surface area contributed by atoms with Crippen LogP contribution < -0.4 is 4.74 Å². The fraction of sp³-hybridized carbons (Fsp3) is 0.308. The maximum absolute atomic E-state index is 11.6. The molecule has 0 fully saturated rings. The largest absolute Gasteiger partial charge is 0.496 e. The molecule has 0 unspecified atom stereocenters. The van der Waals surface area contributed by atoms with Gasteiger partial charge in [0.25, 0.3) is 0 Å². The summed E-state index contributed by atoms with van der Waals surface area (Å²) in [5, 5.41) is 0. The van der Waals surface area contributed by atoms with Gasteiger partial charge >= 0.3 is 0 Å². The Bertz CT molecular complexity index is 408. The summed E-state index contributed by atoms with van der Waals surface area (Å²) in [6.07, 6.45) is 1.81. The van der Waals surface area contributed by atoms with Crippen LogP contribution in [0.25, 0.3) is 5.57 Å². The Labute approximate surface area is 96.3 Å². The standard InChI is InChI=1S/C13H17NO2/c1-10(15)12(9-14(2)3)11-7-5-6-8-13(11)16-4/h5-9H,1-4H3/b12-9+. The minimum absolute atomic E-state index is 0.0261. The molecule has 0 N–H and O–H groups in total. The normalized spacial score (nSPS) is 11.1. The van der Waals surface area contributed by atoms with Crippen molar-refractivity contribution in [1.29, 1.82) is 0 Å². The van der Waals surface area contributed by atoms with Gasteiger partial charge in [-0.15, -0.1) is 0 Å². The highest BCUT2D eigenvalue weighted by atomic mass is 16.5. The van der Waals surface area contributed by atoms with Gasteiger partial charge in [-0.3, -0.25) is 4.79 Å². The van der Waals surface area contributed by atoms with Gasteiger partial charge < -0.3 is 9.64 Å². The van der Waals surface area contributed by atoms with E-state index in [0.29, 0.717) is 11.3 Å². The molecule has 0 aliphatic rings. The molecule has 3 nitrogen and oxygen atoms in total. The fourth-order valence-corrected chi connectivity index (χ4v) is 1.48. The van der Waals surface area contributed by atoms with Crippen molar-refractivity contribution in [3.63, 3.8) is 0 Å². The highest BCUT2D eigenvalue weighted by Gasteiger charge is 2.12. The van der Waals surface area contributed by atoms with Gasteiger partial charge in [-0.05, 0) is 13.0 Å². The Balaban J connectivity index is 3.26. The topological polar surface area (TPSA) is 29.5 Å². The van der Waals surface area contributed by atoms with E-state index in [2.05, 4.69) is 0 Å². The average Bonchev–Trinajstić information content (AvgIpc) is 2.25. The molecule has 16 heavy (non-hydrogen) atoms. The maximum atomic E-state index is 11.6. The minimum Gasteiger partial charge on any atom is -0.496 e. The lowest BCUT2D eigenvalue weighted by atomic mass is 10.0. The van der Waals surface area contributed by atoms with Crippen LogP contribution >= 0.6 is 0 Å². The van der Waals surface area contributed by atoms with Gasteiger partial charge in [-0.1, -0.05) is 18.2 Å². The lowest BCUT2D eigenvalue weighted by Gasteiger charge is -2.12. The third-order valence-corrected chi connectivity index (χ3v) is 2.16. The maximum Gasteiger partial charge on any atom is 0.162 e. The SMILES string of the molecule is COc1ccccc1/C(=C/N(C)C)C(C)=O. The van der Waals surface area contributed by atoms with Crippen LogP contribution in [0, 0.1) is 0 Å². The van der Waals surface area contributed by atoms with Crippen molar-refractivity contribution in [2.45, 2.75) is 6.92 Å². The van der Waals surface area contributed by atoms with E-state index in [1.165, 1.54) is 0 Å². The lowest BCUT2D eigenvalue weighted by Crippen LogP contribution is -2.07. The van der Waals surface area contributed by atoms with Gasteiger partial charge in [0.1, 0.15) is 5.75 Å². The lowest BCUT2D eigenvalue weighted by molar-refractivity contribution is -0.111. The first-order valence-electron chi connectivity index (χ1n) is 5.09. The predicted octanol–water partition coefficient (Wildman–Crippen LogP) is 2.19. The van der Waals surface area contributed by atoms with Crippen molar-refractivity contribution < 1.29 is 9.53 Å². The van der Waals surface area contributed by atoms with Crippen molar-refractivity contribution in [2.24, 2.45) is 0 Å². The van der Waals surface area contributed by atoms with Crippen molar-refractivity contribution in [1.82, 2.24) is 4.90 Å². The van der Waals surface area contributed by atoms with Crippen molar-refractivity contribution in [3.05, 3.63) is 36.0 Å². The molecule has 0 saturated heterocycles. The Morgan fingerprint density at radius 3 is 2.44 bits per heavy atom. The quantitative estimate of drug-likeness (QED) is 0.727. The number of Topliss-reactive ketones (excluding diaryl/α,β-unsaturated/α-hetero) is 1. The van der Waals surface area contributed by atoms with E-state index < -0.39 is 0 Å². The third-order valence-electron chi connectivity index (χ3n) is 2.16. The molecular weight excluding hydrogens is 202 g/mol. The van der Waals surface area contributed by atoms with Crippen LogP contribution in [0.15, 0.2) is 30.5 Å². The summed E-state index contributed by atoms with van der Waals surface area (Å²) in [5.41, 5.74) is 1.48. The van der Waals surface area contributed by atoms with Gasteiger partial charge in [0.2, 0.25) is 0 Å². The molecule has 1 aromatic rings. The highest BCUT2D eigenvalue weighted by molar-refractivity contribution is 6.20. The van der Waals surface area contributed by atoms with Crippen LogP contribution in [0.5, 0.6) is 5.75 Å². The van der Waals surface area contributed by atoms with E-state index in [-0.39, 0.29) is 5.78 Å². The number of methoxy groups -OCH3 is 1. The van der Waals surface area contributed by atoms with Crippen LogP contribution in [-0.2, 0) is 4.79 Å². The Morgan fingerprint density at radius 1 is 1.31 bits per heavy atom. The van der Waals surface area contributed by atoms with E-state index in [9.17, 15) is 4.79 Å². The van der Waals surface area contributed by atoms with Gasteiger partial charge in [0.15, 0.2) is 5.78 Å². The molecule has 0 heterocycles. The van der Waals surface area contributed by atoms with Crippen molar-refractivity contribution in [3.8, 4) is 5.75 Å². The van der Waals surface area contributed by atoms with E-state index >= 15 is 0 Å². The molecule has 0 saturated carbocycles. The highest BCUT2D eigenvalue weighted by Crippen LogP contribution is 2.26. The van der Waals surface area contributed by atoms with Crippen molar-refractivity contribution in [2.75, 3.05) is 21.2 Å². The number of benzene rings is 1. The zero-order valence-corrected chi connectivity index (χ0v) is 10.2. The smallest absolute Gasteiger partial charge is 0.162 e. The molecule has 1 rings (SSSR count). The van der Waals surface area contributed by atoms with E-state index in [1.807, 2.05) is 43.3 Å². The predicted molar refractivity (Wildman–Crippen MR) is 65.3 cm³/mol. The number of ether oxygens (including phenoxy) is 1. The summed E-state index contributed by atoms with van der Waals surface area (Å²) in [7, 11) is 5.38. The van der Waals surface area contributed by atoms with E-state index in [0.717, 1.165) is 5.56 Å². The third kappa shape index (κ3) is 2.86. The summed E-state index contributed by atoms with van der Waals surface area (Å²) in [6.45, 7) is 1.56.